The number of rotatable bonds is 11. The first kappa shape index (κ1) is 33.8. The van der Waals surface area contributed by atoms with Crippen molar-refractivity contribution in [3.63, 3.8) is 0 Å². The van der Waals surface area contributed by atoms with Crippen molar-refractivity contribution in [2.24, 2.45) is 0 Å². The number of nitrogens with zero attached hydrogens (tertiary/aromatic N) is 3. The number of hydroxylamine groups is 1. The Balaban J connectivity index is 1.33. The summed E-state index contributed by atoms with van der Waals surface area (Å²) in [7, 11) is 1.51. The SMILES string of the molecule is COc1c(-c2ccc(-c3ccc(CCN(CCO)C(=O)OC(C)(C)C)cc3)cc2)nc2ccncc2c1C(=O)NOC1CCCCO1. The van der Waals surface area contributed by atoms with E-state index in [2.05, 4.69) is 10.5 Å². The third-order valence-corrected chi connectivity index (χ3v) is 7.73. The number of methoxy groups -OCH3 is 1. The summed E-state index contributed by atoms with van der Waals surface area (Å²) in [4.78, 5) is 42.2. The van der Waals surface area contributed by atoms with Crippen molar-refractivity contribution >= 4 is 22.9 Å². The van der Waals surface area contributed by atoms with E-state index in [9.17, 15) is 14.7 Å². The van der Waals surface area contributed by atoms with E-state index in [1.807, 2.05) is 69.3 Å². The van der Waals surface area contributed by atoms with Crippen LogP contribution in [0.2, 0.25) is 0 Å². The van der Waals surface area contributed by atoms with Crippen molar-refractivity contribution in [2.75, 3.05) is 33.4 Å². The van der Waals surface area contributed by atoms with Gasteiger partial charge in [-0.2, -0.15) is 0 Å². The molecule has 5 rings (SSSR count). The third kappa shape index (κ3) is 8.62. The molecule has 47 heavy (non-hydrogen) atoms. The van der Waals surface area contributed by atoms with Gasteiger partial charge in [-0.05, 0) is 62.8 Å². The molecule has 248 valence electrons. The van der Waals surface area contributed by atoms with E-state index in [0.29, 0.717) is 48.3 Å². The standard InChI is InChI=1S/C36H42N4O7/c1-36(2,3)46-35(43)40(20-21-41)19-17-24-8-10-25(11-9-24)26-12-14-27(15-13-26)32-33(44-4)31(28-23-37-18-16-29(28)38-32)34(42)39-47-30-7-5-6-22-45-30/h8-16,18,23,30,41H,5-7,17,19-22H2,1-4H3,(H,39,42). The van der Waals surface area contributed by atoms with Gasteiger partial charge in [0.15, 0.2) is 12.0 Å². The van der Waals surface area contributed by atoms with Gasteiger partial charge in [-0.25, -0.2) is 20.1 Å². The van der Waals surface area contributed by atoms with Gasteiger partial charge >= 0.3 is 6.09 Å². The summed E-state index contributed by atoms with van der Waals surface area (Å²) >= 11 is 0. The van der Waals surface area contributed by atoms with Crippen LogP contribution in [0.15, 0.2) is 67.0 Å². The summed E-state index contributed by atoms with van der Waals surface area (Å²) in [6, 6.07) is 17.8. The van der Waals surface area contributed by atoms with Crippen LogP contribution in [0.25, 0.3) is 33.3 Å². The zero-order valence-electron chi connectivity index (χ0n) is 27.3. The van der Waals surface area contributed by atoms with Crippen molar-refractivity contribution in [1.82, 2.24) is 20.3 Å². The number of amides is 2. The Labute approximate surface area is 274 Å². The van der Waals surface area contributed by atoms with Crippen LogP contribution in [-0.2, 0) is 20.7 Å². The van der Waals surface area contributed by atoms with Crippen molar-refractivity contribution in [3.05, 3.63) is 78.1 Å². The van der Waals surface area contributed by atoms with Crippen LogP contribution >= 0.6 is 0 Å². The molecule has 11 heteroatoms. The highest BCUT2D eigenvalue weighted by Gasteiger charge is 2.25. The molecule has 1 saturated heterocycles. The van der Waals surface area contributed by atoms with E-state index < -0.39 is 23.9 Å². The molecule has 1 fully saturated rings. The minimum Gasteiger partial charge on any atom is -0.494 e. The number of pyridine rings is 2. The van der Waals surface area contributed by atoms with E-state index in [0.717, 1.165) is 35.1 Å². The van der Waals surface area contributed by atoms with Crippen molar-refractivity contribution < 1.29 is 33.7 Å². The molecule has 2 N–H and O–H groups in total. The second-order valence-corrected chi connectivity index (χ2v) is 12.3. The normalized spacial score (nSPS) is 14.9. The minimum atomic E-state index is -0.606. The van der Waals surface area contributed by atoms with Crippen molar-refractivity contribution in [1.29, 1.82) is 0 Å². The number of aliphatic hydroxyl groups excluding tert-OH is 1. The van der Waals surface area contributed by atoms with Crippen LogP contribution in [0.1, 0.15) is 56.0 Å². The average Bonchev–Trinajstić information content (AvgIpc) is 3.08. The lowest BCUT2D eigenvalue weighted by Crippen LogP contribution is -2.39. The molecule has 2 amide bonds. The van der Waals surface area contributed by atoms with Crippen LogP contribution in [0.3, 0.4) is 0 Å². The van der Waals surface area contributed by atoms with Gasteiger partial charge in [0.25, 0.3) is 5.91 Å². The Bertz CT molecular complexity index is 1660. The van der Waals surface area contributed by atoms with E-state index in [4.69, 9.17) is 24.0 Å². The molecular weight excluding hydrogens is 600 g/mol. The highest BCUT2D eigenvalue weighted by atomic mass is 16.8. The van der Waals surface area contributed by atoms with Crippen molar-refractivity contribution in [3.8, 4) is 28.1 Å². The summed E-state index contributed by atoms with van der Waals surface area (Å²) in [6.07, 6.45) is 5.55. The lowest BCUT2D eigenvalue weighted by atomic mass is 9.99. The summed E-state index contributed by atoms with van der Waals surface area (Å²) < 4.78 is 16.9. The molecule has 1 atom stereocenters. The molecule has 0 aliphatic carbocycles. The fourth-order valence-corrected chi connectivity index (χ4v) is 5.37. The maximum absolute atomic E-state index is 13.5. The van der Waals surface area contributed by atoms with Crippen LogP contribution in [0, 0.1) is 0 Å². The molecule has 0 bridgehead atoms. The number of fused-ring (bicyclic) bond motifs is 1. The number of carbonyl (C=O) groups is 2. The number of benzene rings is 2. The van der Waals surface area contributed by atoms with Gasteiger partial charge in [-0.1, -0.05) is 48.5 Å². The Morgan fingerprint density at radius 2 is 1.70 bits per heavy atom. The lowest BCUT2D eigenvalue weighted by Gasteiger charge is -2.27. The maximum Gasteiger partial charge on any atom is 0.410 e. The summed E-state index contributed by atoms with van der Waals surface area (Å²) in [5.74, 6) is -0.158. The van der Waals surface area contributed by atoms with Crippen LogP contribution in [-0.4, -0.2) is 77.3 Å². The molecule has 3 heterocycles. The van der Waals surface area contributed by atoms with E-state index in [1.165, 1.54) is 12.0 Å². The number of carbonyl (C=O) groups excluding carboxylic acids is 2. The first-order valence-corrected chi connectivity index (χ1v) is 15.8. The summed E-state index contributed by atoms with van der Waals surface area (Å²) in [6.45, 7) is 6.56. The minimum absolute atomic E-state index is 0.134. The average molecular weight is 643 g/mol. The summed E-state index contributed by atoms with van der Waals surface area (Å²) in [5.41, 5.74) is 7.19. The topological polar surface area (TPSA) is 132 Å². The molecule has 2 aromatic heterocycles. The van der Waals surface area contributed by atoms with Crippen LogP contribution in [0.5, 0.6) is 5.75 Å². The summed E-state index contributed by atoms with van der Waals surface area (Å²) in [5, 5.41) is 9.97. The molecule has 1 aliphatic rings. The van der Waals surface area contributed by atoms with Gasteiger partial charge in [0, 0.05) is 49.5 Å². The largest absolute Gasteiger partial charge is 0.494 e. The van der Waals surface area contributed by atoms with Gasteiger partial charge in [0.1, 0.15) is 11.3 Å². The maximum atomic E-state index is 13.5. The predicted molar refractivity (Wildman–Crippen MR) is 178 cm³/mol. The van der Waals surface area contributed by atoms with Gasteiger partial charge in [-0.3, -0.25) is 9.78 Å². The number of hydrogen-bond acceptors (Lipinski definition) is 9. The quantitative estimate of drug-likeness (QED) is 0.191. The van der Waals surface area contributed by atoms with Gasteiger partial charge in [-0.15, -0.1) is 0 Å². The molecule has 2 aromatic carbocycles. The molecule has 0 saturated carbocycles. The number of nitrogens with one attached hydrogen (secondary N) is 1. The molecule has 1 unspecified atom stereocenters. The number of aromatic nitrogens is 2. The Morgan fingerprint density at radius 3 is 2.34 bits per heavy atom. The molecule has 0 spiro atoms. The second kappa shape index (κ2) is 15.3. The second-order valence-electron chi connectivity index (χ2n) is 12.3. The van der Waals surface area contributed by atoms with E-state index in [-0.39, 0.29) is 18.7 Å². The van der Waals surface area contributed by atoms with Crippen LogP contribution < -0.4 is 10.2 Å². The number of ether oxygens (including phenoxy) is 3. The van der Waals surface area contributed by atoms with Crippen LogP contribution in [0.4, 0.5) is 4.79 Å². The fourth-order valence-electron chi connectivity index (χ4n) is 5.37. The van der Waals surface area contributed by atoms with E-state index >= 15 is 0 Å². The first-order chi connectivity index (χ1) is 22.7. The number of hydrogen-bond donors (Lipinski definition) is 2. The Kier molecular flexibility index (Phi) is 11.0. The van der Waals surface area contributed by atoms with Crippen molar-refractivity contribution in [2.45, 2.75) is 58.3 Å². The van der Waals surface area contributed by atoms with Gasteiger partial charge in [0.2, 0.25) is 0 Å². The highest BCUT2D eigenvalue weighted by Crippen LogP contribution is 2.37. The third-order valence-electron chi connectivity index (χ3n) is 7.73. The molecular formula is C36H42N4O7. The number of aliphatic hydroxyl groups is 1. The smallest absolute Gasteiger partial charge is 0.410 e. The predicted octanol–water partition coefficient (Wildman–Crippen LogP) is 5.93. The highest BCUT2D eigenvalue weighted by molar-refractivity contribution is 6.09. The Hall–Kier alpha value is -4.58. The molecule has 0 radical (unpaired) electrons. The molecule has 4 aromatic rings. The molecule has 11 nitrogen and oxygen atoms in total. The monoisotopic (exact) mass is 642 g/mol. The Morgan fingerprint density at radius 1 is 1.00 bits per heavy atom. The van der Waals surface area contributed by atoms with E-state index in [1.54, 1.807) is 18.5 Å². The van der Waals surface area contributed by atoms with Gasteiger partial charge in [0.05, 0.1) is 24.8 Å². The zero-order valence-corrected chi connectivity index (χ0v) is 27.3. The fraction of sp³-hybridized carbons (Fsp3) is 0.389. The lowest BCUT2D eigenvalue weighted by molar-refractivity contribution is -0.186. The van der Waals surface area contributed by atoms with Gasteiger partial charge < -0.3 is 24.2 Å². The first-order valence-electron chi connectivity index (χ1n) is 15.8. The molecule has 1 aliphatic heterocycles. The zero-order chi connectivity index (χ0) is 33.4.